The van der Waals surface area contributed by atoms with Gasteiger partial charge in [0.15, 0.2) is 0 Å². The van der Waals surface area contributed by atoms with Crippen LogP contribution in [0.5, 0.6) is 0 Å². The van der Waals surface area contributed by atoms with E-state index in [2.05, 4.69) is 24.1 Å². The highest BCUT2D eigenvalue weighted by molar-refractivity contribution is 7.80. The summed E-state index contributed by atoms with van der Waals surface area (Å²) < 4.78 is 0. The lowest BCUT2D eigenvalue weighted by atomic mass is 10.1. The molecule has 1 atom stereocenters. The molecule has 1 unspecified atom stereocenters. The summed E-state index contributed by atoms with van der Waals surface area (Å²) in [7, 11) is 0. The second kappa shape index (κ2) is 6.43. The Morgan fingerprint density at radius 1 is 1.50 bits per heavy atom. The van der Waals surface area contributed by atoms with Gasteiger partial charge in [-0.15, -0.1) is 0 Å². The number of rotatable bonds is 6. The summed E-state index contributed by atoms with van der Waals surface area (Å²) in [6, 6.07) is 6.16. The summed E-state index contributed by atoms with van der Waals surface area (Å²) >= 11 is 4.90. The largest absolute Gasteiger partial charge is 0.388 e. The van der Waals surface area contributed by atoms with Gasteiger partial charge in [-0.05, 0) is 25.0 Å². The lowest BCUT2D eigenvalue weighted by molar-refractivity contribution is 0.620. The Kier molecular flexibility index (Phi) is 5.19. The molecular weight excluding hydrogens is 218 g/mol. The molecule has 0 aliphatic heterocycles. The van der Waals surface area contributed by atoms with Crippen molar-refractivity contribution in [2.24, 2.45) is 5.73 Å². The van der Waals surface area contributed by atoms with Crippen molar-refractivity contribution >= 4 is 23.0 Å². The molecule has 1 heterocycles. The average Bonchev–Trinajstić information content (AvgIpc) is 2.29. The summed E-state index contributed by atoms with van der Waals surface area (Å²) in [5.74, 6) is 0.852. The molecule has 0 saturated carbocycles. The fourth-order valence-corrected chi connectivity index (χ4v) is 1.70. The first-order chi connectivity index (χ1) is 7.67. The molecule has 1 rings (SSSR count). The van der Waals surface area contributed by atoms with Crippen LogP contribution in [0.25, 0.3) is 0 Å². The maximum Gasteiger partial charge on any atom is 0.126 e. The monoisotopic (exact) mass is 237 g/mol. The van der Waals surface area contributed by atoms with Gasteiger partial charge in [-0.3, -0.25) is 0 Å². The summed E-state index contributed by atoms with van der Waals surface area (Å²) in [5.41, 5.74) is 6.22. The van der Waals surface area contributed by atoms with Gasteiger partial charge in [-0.25, -0.2) is 4.98 Å². The van der Waals surface area contributed by atoms with Crippen LogP contribution in [0.3, 0.4) is 0 Å². The average molecular weight is 237 g/mol. The van der Waals surface area contributed by atoms with E-state index in [0.717, 1.165) is 18.7 Å². The molecule has 88 valence electrons. The van der Waals surface area contributed by atoms with Gasteiger partial charge in [0.1, 0.15) is 10.8 Å². The van der Waals surface area contributed by atoms with E-state index in [-0.39, 0.29) is 0 Å². The Morgan fingerprint density at radius 2 is 2.25 bits per heavy atom. The fraction of sp³-hybridized carbons (Fsp3) is 0.500. The Hall–Kier alpha value is -1.16. The van der Waals surface area contributed by atoms with Crippen LogP contribution in [-0.2, 0) is 0 Å². The van der Waals surface area contributed by atoms with Crippen molar-refractivity contribution in [1.29, 1.82) is 0 Å². The van der Waals surface area contributed by atoms with Crippen LogP contribution in [-0.4, -0.2) is 16.0 Å². The van der Waals surface area contributed by atoms with Gasteiger partial charge in [0.05, 0.1) is 5.69 Å². The van der Waals surface area contributed by atoms with Crippen molar-refractivity contribution in [2.75, 3.05) is 5.32 Å². The van der Waals surface area contributed by atoms with Crippen LogP contribution in [0.15, 0.2) is 18.2 Å². The molecule has 3 N–H and O–H groups in total. The minimum Gasteiger partial charge on any atom is -0.388 e. The number of anilines is 1. The topological polar surface area (TPSA) is 50.9 Å². The molecule has 0 bridgehead atoms. The molecule has 0 saturated heterocycles. The Labute approximate surface area is 102 Å². The summed E-state index contributed by atoms with van der Waals surface area (Å²) in [6.45, 7) is 4.36. The van der Waals surface area contributed by atoms with Crippen molar-refractivity contribution in [2.45, 2.75) is 39.2 Å². The molecule has 0 aromatic carbocycles. The van der Waals surface area contributed by atoms with Crippen molar-refractivity contribution in [3.63, 3.8) is 0 Å². The highest BCUT2D eigenvalue weighted by atomic mass is 32.1. The van der Waals surface area contributed by atoms with Gasteiger partial charge in [0.25, 0.3) is 0 Å². The number of nitrogens with zero attached hydrogens (tertiary/aromatic N) is 1. The van der Waals surface area contributed by atoms with Crippen LogP contribution in [0.1, 0.15) is 38.8 Å². The van der Waals surface area contributed by atoms with Gasteiger partial charge in [0.2, 0.25) is 0 Å². The van der Waals surface area contributed by atoms with Gasteiger partial charge >= 0.3 is 0 Å². The van der Waals surface area contributed by atoms with E-state index in [1.54, 1.807) is 0 Å². The normalized spacial score (nSPS) is 12.1. The zero-order chi connectivity index (χ0) is 12.0. The van der Waals surface area contributed by atoms with Crippen LogP contribution in [0.2, 0.25) is 0 Å². The quantitative estimate of drug-likeness (QED) is 0.747. The lowest BCUT2D eigenvalue weighted by Crippen LogP contribution is -2.20. The molecule has 4 heteroatoms. The smallest absolute Gasteiger partial charge is 0.126 e. The van der Waals surface area contributed by atoms with Crippen molar-refractivity contribution < 1.29 is 0 Å². The maximum absolute atomic E-state index is 5.55. The molecule has 0 aliphatic carbocycles. The zero-order valence-corrected chi connectivity index (χ0v) is 10.7. The molecule has 3 nitrogen and oxygen atoms in total. The van der Waals surface area contributed by atoms with Crippen LogP contribution < -0.4 is 11.1 Å². The Bertz CT molecular complexity index is 352. The van der Waals surface area contributed by atoms with E-state index >= 15 is 0 Å². The van der Waals surface area contributed by atoms with Gasteiger partial charge in [-0.1, -0.05) is 38.6 Å². The first-order valence-corrected chi connectivity index (χ1v) is 6.11. The molecule has 0 spiro atoms. The van der Waals surface area contributed by atoms with Crippen molar-refractivity contribution in [1.82, 2.24) is 4.98 Å². The van der Waals surface area contributed by atoms with E-state index in [1.165, 1.54) is 6.42 Å². The number of nitrogens with two attached hydrogens (primary N) is 1. The lowest BCUT2D eigenvalue weighted by Gasteiger charge is -2.16. The van der Waals surface area contributed by atoms with E-state index < -0.39 is 0 Å². The maximum atomic E-state index is 5.55. The summed E-state index contributed by atoms with van der Waals surface area (Å²) in [5, 5.41) is 3.40. The molecule has 0 radical (unpaired) electrons. The Balaban J connectivity index is 2.72. The van der Waals surface area contributed by atoms with Gasteiger partial charge in [-0.2, -0.15) is 0 Å². The minimum absolute atomic E-state index is 0.340. The standard InChI is InChI=1S/C12H19N3S/c1-3-6-9(4-2)14-11-8-5-7-10(15-11)12(13)16/h5,7-9H,3-4,6H2,1-2H3,(H2,13,16)(H,14,15). The molecule has 1 aromatic rings. The minimum atomic E-state index is 0.340. The number of nitrogens with one attached hydrogen (secondary N) is 1. The van der Waals surface area contributed by atoms with Gasteiger partial charge < -0.3 is 11.1 Å². The predicted octanol–water partition coefficient (Wildman–Crippen LogP) is 2.71. The molecule has 0 fully saturated rings. The van der Waals surface area contributed by atoms with E-state index in [4.69, 9.17) is 18.0 Å². The molecule has 0 amide bonds. The summed E-state index contributed by atoms with van der Waals surface area (Å²) in [4.78, 5) is 4.70. The first-order valence-electron chi connectivity index (χ1n) is 5.70. The second-order valence-electron chi connectivity index (χ2n) is 3.81. The fourth-order valence-electron chi connectivity index (χ4n) is 1.59. The number of thiocarbonyl (C=S) groups is 1. The number of aromatic nitrogens is 1. The first kappa shape index (κ1) is 12.9. The second-order valence-corrected chi connectivity index (χ2v) is 4.25. The van der Waals surface area contributed by atoms with Crippen LogP contribution in [0.4, 0.5) is 5.82 Å². The van der Waals surface area contributed by atoms with Crippen LogP contribution >= 0.6 is 12.2 Å². The van der Waals surface area contributed by atoms with Crippen molar-refractivity contribution in [3.05, 3.63) is 23.9 Å². The zero-order valence-electron chi connectivity index (χ0n) is 9.86. The number of hydrogen-bond donors (Lipinski definition) is 2. The van der Waals surface area contributed by atoms with E-state index in [1.807, 2.05) is 18.2 Å². The third-order valence-electron chi connectivity index (χ3n) is 2.48. The molecule has 16 heavy (non-hydrogen) atoms. The summed E-state index contributed by atoms with van der Waals surface area (Å²) in [6.07, 6.45) is 3.41. The number of pyridine rings is 1. The van der Waals surface area contributed by atoms with Gasteiger partial charge in [0, 0.05) is 6.04 Å². The third kappa shape index (κ3) is 3.77. The highest BCUT2D eigenvalue weighted by Gasteiger charge is 2.06. The van der Waals surface area contributed by atoms with Crippen molar-refractivity contribution in [3.8, 4) is 0 Å². The SMILES string of the molecule is CCCC(CC)Nc1cccc(C(N)=S)n1. The molecule has 0 aliphatic rings. The predicted molar refractivity (Wildman–Crippen MR) is 72.7 cm³/mol. The molecular formula is C12H19N3S. The highest BCUT2D eigenvalue weighted by Crippen LogP contribution is 2.11. The molecule has 1 aromatic heterocycles. The third-order valence-corrected chi connectivity index (χ3v) is 2.69. The Morgan fingerprint density at radius 3 is 2.81 bits per heavy atom. The van der Waals surface area contributed by atoms with Crippen LogP contribution in [0, 0.1) is 0 Å². The number of hydrogen-bond acceptors (Lipinski definition) is 3. The van der Waals surface area contributed by atoms with E-state index in [9.17, 15) is 0 Å². The van der Waals surface area contributed by atoms with E-state index in [0.29, 0.717) is 16.7 Å².